The molecule has 144 valence electrons. The summed E-state index contributed by atoms with van der Waals surface area (Å²) >= 11 is 0. The van der Waals surface area contributed by atoms with Crippen molar-refractivity contribution < 1.29 is 9.90 Å². The van der Waals surface area contributed by atoms with Crippen LogP contribution in [0, 0.1) is 23.7 Å². The Morgan fingerprint density at radius 3 is 2.74 bits per heavy atom. The first-order chi connectivity index (χ1) is 13.0. The lowest BCUT2D eigenvalue weighted by atomic mass is 9.78. The van der Waals surface area contributed by atoms with Crippen LogP contribution in [0.3, 0.4) is 0 Å². The van der Waals surface area contributed by atoms with Gasteiger partial charge < -0.3 is 14.9 Å². The van der Waals surface area contributed by atoms with Crippen LogP contribution in [-0.4, -0.2) is 52.7 Å². The third kappa shape index (κ3) is 3.29. The Bertz CT molecular complexity index is 766. The normalized spacial score (nSPS) is 31.4. The summed E-state index contributed by atoms with van der Waals surface area (Å²) in [6, 6.07) is 6.22. The molecule has 1 saturated carbocycles. The number of nitriles is 1. The first-order valence-corrected chi connectivity index (χ1v) is 10.1. The molecule has 1 aromatic heterocycles. The molecule has 0 aromatic carbocycles. The highest BCUT2D eigenvalue weighted by Gasteiger charge is 2.51. The summed E-state index contributed by atoms with van der Waals surface area (Å²) in [5, 5.41) is 19.2. The second-order valence-corrected chi connectivity index (χ2v) is 8.45. The van der Waals surface area contributed by atoms with Gasteiger partial charge in [-0.05, 0) is 64.0 Å². The molecule has 1 amide bonds. The van der Waals surface area contributed by atoms with Crippen LogP contribution in [0.15, 0.2) is 12.1 Å². The molecule has 0 radical (unpaired) electrons. The Morgan fingerprint density at radius 2 is 2.00 bits per heavy atom. The maximum Gasteiger partial charge on any atom is 0.230 e. The zero-order chi connectivity index (χ0) is 19.0. The van der Waals surface area contributed by atoms with Crippen LogP contribution in [0.1, 0.15) is 56.2 Å². The second kappa shape index (κ2) is 7.12. The van der Waals surface area contributed by atoms with E-state index in [2.05, 4.69) is 20.9 Å². The van der Waals surface area contributed by atoms with Crippen molar-refractivity contribution in [3.63, 3.8) is 0 Å². The summed E-state index contributed by atoms with van der Waals surface area (Å²) in [6.45, 7) is 4.25. The molecular formula is C21H28N4O2. The predicted molar refractivity (Wildman–Crippen MR) is 102 cm³/mol. The van der Waals surface area contributed by atoms with Crippen molar-refractivity contribution in [2.24, 2.45) is 5.41 Å². The Kier molecular flexibility index (Phi) is 4.81. The number of aromatic nitrogens is 1. The van der Waals surface area contributed by atoms with Crippen molar-refractivity contribution >= 4 is 11.7 Å². The molecule has 2 aliphatic heterocycles. The average Bonchev–Trinajstić information content (AvgIpc) is 2.98. The minimum absolute atomic E-state index is 0.199. The summed E-state index contributed by atoms with van der Waals surface area (Å²) in [7, 11) is 0. The SMILES string of the molecule is Cc1ccc(C#N)c(N2CCC[C@]3(CCN([C@H]4CC[C@H](O)CC4)C3=O)C2)n1. The van der Waals surface area contributed by atoms with Crippen LogP contribution in [-0.2, 0) is 4.79 Å². The zero-order valence-corrected chi connectivity index (χ0v) is 16.0. The number of nitrogens with zero attached hydrogens (tertiary/aromatic N) is 4. The lowest BCUT2D eigenvalue weighted by Crippen LogP contribution is -2.50. The fourth-order valence-corrected chi connectivity index (χ4v) is 5.13. The molecule has 1 spiro atoms. The number of carbonyl (C=O) groups is 1. The minimum Gasteiger partial charge on any atom is -0.393 e. The molecule has 3 aliphatic rings. The van der Waals surface area contributed by atoms with Crippen molar-refractivity contribution in [3.8, 4) is 6.07 Å². The third-order valence-electron chi connectivity index (χ3n) is 6.66. The number of rotatable bonds is 2. The van der Waals surface area contributed by atoms with Gasteiger partial charge in [0.2, 0.25) is 5.91 Å². The smallest absolute Gasteiger partial charge is 0.230 e. The zero-order valence-electron chi connectivity index (χ0n) is 16.0. The van der Waals surface area contributed by atoms with Gasteiger partial charge in [0.25, 0.3) is 0 Å². The summed E-state index contributed by atoms with van der Waals surface area (Å²) in [4.78, 5) is 22.3. The van der Waals surface area contributed by atoms with Gasteiger partial charge in [-0.15, -0.1) is 0 Å². The van der Waals surface area contributed by atoms with Crippen LogP contribution < -0.4 is 4.90 Å². The molecule has 27 heavy (non-hydrogen) atoms. The van der Waals surface area contributed by atoms with Crippen molar-refractivity contribution in [2.45, 2.75) is 64.0 Å². The van der Waals surface area contributed by atoms with Gasteiger partial charge in [-0.3, -0.25) is 4.79 Å². The second-order valence-electron chi connectivity index (χ2n) is 8.45. The molecule has 1 aliphatic carbocycles. The summed E-state index contributed by atoms with van der Waals surface area (Å²) in [5.41, 5.74) is 1.14. The quantitative estimate of drug-likeness (QED) is 0.867. The lowest BCUT2D eigenvalue weighted by Gasteiger charge is -2.41. The number of pyridine rings is 1. The Balaban J connectivity index is 1.54. The number of hydrogen-bond acceptors (Lipinski definition) is 5. The van der Waals surface area contributed by atoms with E-state index in [0.717, 1.165) is 69.5 Å². The molecule has 0 bridgehead atoms. The molecule has 1 aromatic rings. The summed E-state index contributed by atoms with van der Waals surface area (Å²) in [5.74, 6) is 1.00. The van der Waals surface area contributed by atoms with Crippen LogP contribution >= 0.6 is 0 Å². The highest BCUT2D eigenvalue weighted by atomic mass is 16.3. The molecule has 4 rings (SSSR count). The van der Waals surface area contributed by atoms with E-state index in [4.69, 9.17) is 0 Å². The first-order valence-electron chi connectivity index (χ1n) is 10.1. The van der Waals surface area contributed by atoms with E-state index in [1.807, 2.05) is 19.1 Å². The van der Waals surface area contributed by atoms with E-state index in [0.29, 0.717) is 12.1 Å². The number of amides is 1. The van der Waals surface area contributed by atoms with Crippen LogP contribution in [0.5, 0.6) is 0 Å². The molecule has 1 N–H and O–H groups in total. The summed E-state index contributed by atoms with van der Waals surface area (Å²) in [6.07, 6.45) is 5.96. The molecule has 1 atom stereocenters. The van der Waals surface area contributed by atoms with Gasteiger partial charge in [-0.25, -0.2) is 4.98 Å². The molecule has 3 heterocycles. The molecule has 6 heteroatoms. The van der Waals surface area contributed by atoms with Gasteiger partial charge in [0.1, 0.15) is 11.9 Å². The van der Waals surface area contributed by atoms with Crippen LogP contribution in [0.4, 0.5) is 5.82 Å². The fourth-order valence-electron chi connectivity index (χ4n) is 5.13. The number of carbonyl (C=O) groups excluding carboxylic acids is 1. The predicted octanol–water partition coefficient (Wildman–Crippen LogP) is 2.38. The number of aliphatic hydroxyl groups is 1. The number of likely N-dealkylation sites (tertiary alicyclic amines) is 1. The van der Waals surface area contributed by atoms with Crippen LogP contribution in [0.2, 0.25) is 0 Å². The molecular weight excluding hydrogens is 340 g/mol. The monoisotopic (exact) mass is 368 g/mol. The number of aliphatic hydroxyl groups excluding tert-OH is 1. The van der Waals surface area contributed by atoms with Gasteiger partial charge in [0.15, 0.2) is 0 Å². The lowest BCUT2D eigenvalue weighted by molar-refractivity contribution is -0.139. The van der Waals surface area contributed by atoms with E-state index in [9.17, 15) is 15.2 Å². The van der Waals surface area contributed by atoms with Crippen molar-refractivity contribution in [3.05, 3.63) is 23.4 Å². The highest BCUT2D eigenvalue weighted by molar-refractivity contribution is 5.86. The number of aryl methyl sites for hydroxylation is 1. The van der Waals surface area contributed by atoms with E-state index < -0.39 is 0 Å². The molecule has 6 nitrogen and oxygen atoms in total. The van der Waals surface area contributed by atoms with Crippen molar-refractivity contribution in [1.82, 2.24) is 9.88 Å². The molecule has 0 unspecified atom stereocenters. The van der Waals surface area contributed by atoms with Crippen molar-refractivity contribution in [2.75, 3.05) is 24.5 Å². The maximum atomic E-state index is 13.4. The average molecular weight is 368 g/mol. The van der Waals surface area contributed by atoms with E-state index >= 15 is 0 Å². The third-order valence-corrected chi connectivity index (χ3v) is 6.66. The van der Waals surface area contributed by atoms with Crippen molar-refractivity contribution in [1.29, 1.82) is 5.26 Å². The highest BCUT2D eigenvalue weighted by Crippen LogP contribution is 2.43. The topological polar surface area (TPSA) is 80.5 Å². The van der Waals surface area contributed by atoms with Gasteiger partial charge >= 0.3 is 0 Å². The van der Waals surface area contributed by atoms with E-state index in [1.54, 1.807) is 0 Å². The largest absolute Gasteiger partial charge is 0.393 e. The standard InChI is InChI=1S/C21H28N4O2/c1-15-3-4-16(13-22)19(23-15)24-11-2-9-21(14-24)10-12-25(20(21)27)17-5-7-18(26)8-6-17/h3-4,17-18,26H,2,5-12,14H2,1H3/t17-,18-,21-/m0/s1. The Labute approximate surface area is 160 Å². The van der Waals surface area contributed by atoms with E-state index in [1.165, 1.54) is 0 Å². The number of piperidine rings is 1. The Hall–Kier alpha value is -2.13. The van der Waals surface area contributed by atoms with Crippen LogP contribution in [0.25, 0.3) is 0 Å². The number of anilines is 1. The van der Waals surface area contributed by atoms with Gasteiger partial charge in [-0.2, -0.15) is 5.26 Å². The van der Waals surface area contributed by atoms with Gasteiger partial charge in [0.05, 0.1) is 17.1 Å². The molecule has 3 fully saturated rings. The number of hydrogen-bond donors (Lipinski definition) is 1. The maximum absolute atomic E-state index is 13.4. The minimum atomic E-state index is -0.341. The van der Waals surface area contributed by atoms with Gasteiger partial charge in [-0.1, -0.05) is 0 Å². The fraction of sp³-hybridized carbons (Fsp3) is 0.667. The van der Waals surface area contributed by atoms with E-state index in [-0.39, 0.29) is 23.5 Å². The van der Waals surface area contributed by atoms with Gasteiger partial charge in [0, 0.05) is 31.4 Å². The molecule has 2 saturated heterocycles. The Morgan fingerprint density at radius 1 is 1.22 bits per heavy atom. The summed E-state index contributed by atoms with van der Waals surface area (Å²) < 4.78 is 0. The first kappa shape index (κ1) is 18.2.